The van der Waals surface area contributed by atoms with Gasteiger partial charge in [0.25, 0.3) is 0 Å². The van der Waals surface area contributed by atoms with Gasteiger partial charge in [-0.2, -0.15) is 0 Å². The fourth-order valence-corrected chi connectivity index (χ4v) is 2.53. The van der Waals surface area contributed by atoms with E-state index in [-0.39, 0.29) is 17.9 Å². The van der Waals surface area contributed by atoms with E-state index >= 15 is 0 Å². The molecule has 2 atom stereocenters. The molecule has 3 rings (SSSR count). The molecule has 1 aliphatic carbocycles. The monoisotopic (exact) mass is 245 g/mol. The van der Waals surface area contributed by atoms with E-state index in [0.29, 0.717) is 5.56 Å². The maximum atomic E-state index is 11.5. The number of esters is 1. The van der Waals surface area contributed by atoms with Crippen LogP contribution >= 0.6 is 0 Å². The fourth-order valence-electron chi connectivity index (χ4n) is 2.53. The Hall–Kier alpha value is -1.88. The first-order valence-corrected chi connectivity index (χ1v) is 5.96. The molecule has 2 N–H and O–H groups in total. The number of aromatic nitrogens is 2. The van der Waals surface area contributed by atoms with E-state index in [1.807, 2.05) is 10.6 Å². The number of imidazole rings is 1. The van der Waals surface area contributed by atoms with Gasteiger partial charge in [-0.15, -0.1) is 0 Å². The van der Waals surface area contributed by atoms with Crippen LogP contribution in [0, 0.1) is 0 Å². The van der Waals surface area contributed by atoms with Crippen molar-refractivity contribution in [3.05, 3.63) is 35.3 Å². The minimum Gasteiger partial charge on any atom is -0.465 e. The van der Waals surface area contributed by atoms with Gasteiger partial charge in [0.2, 0.25) is 0 Å². The Balaban J connectivity index is 2.14. The summed E-state index contributed by atoms with van der Waals surface area (Å²) in [7, 11) is 1.37. The van der Waals surface area contributed by atoms with Crippen LogP contribution in [0.15, 0.2) is 18.3 Å². The number of hydrogen-bond donors (Lipinski definition) is 1. The van der Waals surface area contributed by atoms with Gasteiger partial charge in [0.05, 0.1) is 18.4 Å². The lowest BCUT2D eigenvalue weighted by Crippen LogP contribution is -2.23. The number of ether oxygens (including phenoxy) is 1. The van der Waals surface area contributed by atoms with E-state index in [4.69, 9.17) is 10.5 Å². The predicted octanol–water partition coefficient (Wildman–Crippen LogP) is 1.11. The van der Waals surface area contributed by atoms with Crippen LogP contribution in [0.25, 0.3) is 5.65 Å². The van der Waals surface area contributed by atoms with Crippen LogP contribution in [-0.2, 0) is 11.2 Å². The molecule has 2 aromatic rings. The summed E-state index contributed by atoms with van der Waals surface area (Å²) in [6.07, 6.45) is 2.69. The number of carbonyl (C=O) groups is 1. The Morgan fingerprint density at radius 3 is 3.11 bits per heavy atom. The van der Waals surface area contributed by atoms with Gasteiger partial charge in [-0.1, -0.05) is 6.92 Å². The van der Waals surface area contributed by atoms with E-state index in [9.17, 15) is 4.79 Å². The number of methoxy groups -OCH3 is 1. The lowest BCUT2D eigenvalue weighted by atomic mass is 10.1. The topological polar surface area (TPSA) is 69.6 Å². The first kappa shape index (κ1) is 11.2. The van der Waals surface area contributed by atoms with Crippen molar-refractivity contribution in [3.63, 3.8) is 0 Å². The SMILES string of the molecule is COC(=O)c1ccn2c3c(nc2c1)[C@@H](C)[C@@H](N)C3. The summed E-state index contributed by atoms with van der Waals surface area (Å²) in [4.78, 5) is 16.0. The van der Waals surface area contributed by atoms with E-state index in [1.54, 1.807) is 12.1 Å². The van der Waals surface area contributed by atoms with Crippen LogP contribution < -0.4 is 5.73 Å². The molecule has 5 nitrogen and oxygen atoms in total. The van der Waals surface area contributed by atoms with Crippen molar-refractivity contribution in [1.29, 1.82) is 0 Å². The highest BCUT2D eigenvalue weighted by atomic mass is 16.5. The molecular formula is C13H15N3O2. The summed E-state index contributed by atoms with van der Waals surface area (Å²) in [5, 5.41) is 0. The number of nitrogens with two attached hydrogens (primary N) is 1. The van der Waals surface area contributed by atoms with Gasteiger partial charge in [0.1, 0.15) is 5.65 Å². The normalized spacial score (nSPS) is 22.2. The van der Waals surface area contributed by atoms with E-state index in [1.165, 1.54) is 7.11 Å². The van der Waals surface area contributed by atoms with Crippen molar-refractivity contribution in [2.75, 3.05) is 7.11 Å². The zero-order chi connectivity index (χ0) is 12.9. The molecule has 5 heteroatoms. The minimum atomic E-state index is -0.342. The Bertz CT molecular complexity index is 632. The lowest BCUT2D eigenvalue weighted by molar-refractivity contribution is 0.0600. The molecule has 0 saturated heterocycles. The summed E-state index contributed by atoms with van der Waals surface area (Å²) in [5.74, 6) is -0.0770. The van der Waals surface area contributed by atoms with Gasteiger partial charge in [0.15, 0.2) is 0 Å². The molecule has 2 aromatic heterocycles. The summed E-state index contributed by atoms with van der Waals surface area (Å²) < 4.78 is 6.71. The van der Waals surface area contributed by atoms with E-state index < -0.39 is 0 Å². The fraction of sp³-hybridized carbons (Fsp3) is 0.385. The molecule has 0 bridgehead atoms. The quantitative estimate of drug-likeness (QED) is 0.764. The number of fused-ring (bicyclic) bond motifs is 3. The molecule has 0 fully saturated rings. The second kappa shape index (κ2) is 3.81. The van der Waals surface area contributed by atoms with Gasteiger partial charge in [-0.3, -0.25) is 0 Å². The van der Waals surface area contributed by atoms with Crippen LogP contribution in [0.2, 0.25) is 0 Å². The second-order valence-electron chi connectivity index (χ2n) is 4.74. The molecule has 0 aliphatic heterocycles. The predicted molar refractivity (Wildman–Crippen MR) is 66.6 cm³/mol. The number of hydrogen-bond acceptors (Lipinski definition) is 4. The lowest BCUT2D eigenvalue weighted by Gasteiger charge is -2.08. The van der Waals surface area contributed by atoms with Gasteiger partial charge in [-0.05, 0) is 12.1 Å². The third kappa shape index (κ3) is 1.44. The molecular weight excluding hydrogens is 230 g/mol. The smallest absolute Gasteiger partial charge is 0.338 e. The molecule has 94 valence electrons. The highest BCUT2D eigenvalue weighted by Gasteiger charge is 2.31. The molecule has 0 saturated carbocycles. The van der Waals surface area contributed by atoms with Crippen LogP contribution in [0.5, 0.6) is 0 Å². The number of nitrogens with zero attached hydrogens (tertiary/aromatic N) is 2. The maximum absolute atomic E-state index is 11.5. The van der Waals surface area contributed by atoms with Crippen LogP contribution in [0.4, 0.5) is 0 Å². The van der Waals surface area contributed by atoms with Crippen LogP contribution in [0.3, 0.4) is 0 Å². The first-order chi connectivity index (χ1) is 8.61. The van der Waals surface area contributed by atoms with Crippen molar-refractivity contribution in [2.24, 2.45) is 5.73 Å². The molecule has 0 spiro atoms. The average Bonchev–Trinajstić information content (AvgIpc) is 2.86. The van der Waals surface area contributed by atoms with E-state index in [2.05, 4.69) is 11.9 Å². The van der Waals surface area contributed by atoms with Crippen molar-refractivity contribution >= 4 is 11.6 Å². The van der Waals surface area contributed by atoms with Crippen LogP contribution in [-0.4, -0.2) is 28.5 Å². The number of rotatable bonds is 1. The summed E-state index contributed by atoms with van der Waals surface area (Å²) in [6, 6.07) is 3.64. The molecule has 18 heavy (non-hydrogen) atoms. The van der Waals surface area contributed by atoms with Gasteiger partial charge >= 0.3 is 5.97 Å². The van der Waals surface area contributed by atoms with Crippen molar-refractivity contribution in [3.8, 4) is 0 Å². The van der Waals surface area contributed by atoms with Crippen LogP contribution in [0.1, 0.15) is 34.6 Å². The highest BCUT2D eigenvalue weighted by molar-refractivity contribution is 5.90. The van der Waals surface area contributed by atoms with Crippen molar-refractivity contribution in [2.45, 2.75) is 25.3 Å². The highest BCUT2D eigenvalue weighted by Crippen LogP contribution is 2.32. The zero-order valence-electron chi connectivity index (χ0n) is 10.4. The standard InChI is InChI=1S/C13H15N3O2/c1-7-9(14)6-10-12(7)15-11-5-8(13(17)18-2)3-4-16(10)11/h3-5,7,9H,6,14H2,1-2H3/t7-,9-/m0/s1. The van der Waals surface area contributed by atoms with Gasteiger partial charge < -0.3 is 14.9 Å². The molecule has 0 amide bonds. The van der Waals surface area contributed by atoms with Gasteiger partial charge in [0, 0.05) is 30.3 Å². The summed E-state index contributed by atoms with van der Waals surface area (Å²) in [6.45, 7) is 2.09. The first-order valence-electron chi connectivity index (χ1n) is 5.96. The second-order valence-corrected chi connectivity index (χ2v) is 4.74. The van der Waals surface area contributed by atoms with Crippen molar-refractivity contribution in [1.82, 2.24) is 9.38 Å². The Labute approximate surface area is 105 Å². The summed E-state index contributed by atoms with van der Waals surface area (Å²) in [5.41, 5.74) is 9.53. The molecule has 0 radical (unpaired) electrons. The third-order valence-corrected chi connectivity index (χ3v) is 3.68. The Kier molecular flexibility index (Phi) is 2.38. The molecule has 0 aromatic carbocycles. The third-order valence-electron chi connectivity index (χ3n) is 3.68. The Morgan fingerprint density at radius 2 is 2.39 bits per heavy atom. The minimum absolute atomic E-state index is 0.139. The number of carbonyl (C=O) groups excluding carboxylic acids is 1. The van der Waals surface area contributed by atoms with E-state index in [0.717, 1.165) is 23.5 Å². The molecule has 2 heterocycles. The zero-order valence-corrected chi connectivity index (χ0v) is 10.4. The molecule has 1 aliphatic rings. The average molecular weight is 245 g/mol. The molecule has 0 unspecified atom stereocenters. The largest absolute Gasteiger partial charge is 0.465 e. The summed E-state index contributed by atoms with van der Waals surface area (Å²) >= 11 is 0. The van der Waals surface area contributed by atoms with Crippen molar-refractivity contribution < 1.29 is 9.53 Å². The Morgan fingerprint density at radius 1 is 1.61 bits per heavy atom. The maximum Gasteiger partial charge on any atom is 0.338 e. The van der Waals surface area contributed by atoms with Gasteiger partial charge in [-0.25, -0.2) is 9.78 Å². The number of pyridine rings is 1.